The molecule has 2 rings (SSSR count). The van der Waals surface area contributed by atoms with Gasteiger partial charge in [-0.15, -0.1) is 0 Å². The van der Waals surface area contributed by atoms with Gasteiger partial charge in [0, 0.05) is 23.2 Å². The van der Waals surface area contributed by atoms with Gasteiger partial charge in [0.05, 0.1) is 17.2 Å². The minimum atomic E-state index is -0.378. The molecule has 1 amide bonds. The second-order valence-corrected chi connectivity index (χ2v) is 6.01. The third kappa shape index (κ3) is 4.57. The zero-order valence-corrected chi connectivity index (χ0v) is 14.5. The first kappa shape index (κ1) is 17.0. The first-order chi connectivity index (χ1) is 10.6. The zero-order valence-electron chi connectivity index (χ0n) is 12.4. The number of alkyl halides is 1. The summed E-state index contributed by atoms with van der Waals surface area (Å²) in [6.45, 7) is 3.81. The molecule has 0 spiro atoms. The number of hydrogen-bond donors (Lipinski definition) is 1. The van der Waals surface area contributed by atoms with Crippen molar-refractivity contribution in [2.24, 2.45) is 0 Å². The third-order valence-electron chi connectivity index (χ3n) is 3.30. The Labute approximate surface area is 142 Å². The topological polar surface area (TPSA) is 58.1 Å². The van der Waals surface area contributed by atoms with E-state index in [9.17, 15) is 9.18 Å². The lowest BCUT2D eigenvalue weighted by atomic mass is 10.3. The molecule has 7 heteroatoms. The molecule has 118 valence electrons. The maximum Gasteiger partial charge on any atom is 0.271 e. The van der Waals surface area contributed by atoms with Gasteiger partial charge in [-0.25, -0.2) is 9.37 Å². The number of hydrogen-bond acceptors (Lipinski definition) is 4. The number of aromatic nitrogens is 2. The van der Waals surface area contributed by atoms with E-state index >= 15 is 0 Å². The van der Waals surface area contributed by atoms with Crippen LogP contribution >= 0.6 is 22.6 Å². The Kier molecular flexibility index (Phi) is 6.44. The molecule has 1 heterocycles. The number of rotatable bonds is 7. The van der Waals surface area contributed by atoms with E-state index in [1.807, 2.05) is 30.0 Å². The highest BCUT2D eigenvalue weighted by molar-refractivity contribution is 14.1. The third-order valence-corrected chi connectivity index (χ3v) is 3.97. The van der Waals surface area contributed by atoms with Crippen LogP contribution in [-0.2, 0) is 0 Å². The van der Waals surface area contributed by atoms with E-state index in [0.29, 0.717) is 30.8 Å². The van der Waals surface area contributed by atoms with Crippen LogP contribution in [0, 0.1) is 3.57 Å². The Morgan fingerprint density at radius 1 is 1.36 bits per heavy atom. The number of carbonyl (C=O) groups is 1. The fourth-order valence-corrected chi connectivity index (χ4v) is 2.53. The Morgan fingerprint density at radius 2 is 2.18 bits per heavy atom. The molecule has 0 radical (unpaired) electrons. The maximum atomic E-state index is 12.3. The van der Waals surface area contributed by atoms with Gasteiger partial charge in [-0.3, -0.25) is 14.7 Å². The minimum absolute atomic E-state index is 0.260. The maximum absolute atomic E-state index is 12.3. The van der Waals surface area contributed by atoms with Crippen LogP contribution in [0.5, 0.6) is 0 Å². The molecule has 1 N–H and O–H groups in total. The summed E-state index contributed by atoms with van der Waals surface area (Å²) in [5.41, 5.74) is 1.76. The van der Waals surface area contributed by atoms with Gasteiger partial charge in [-0.05, 0) is 47.3 Å². The highest BCUT2D eigenvalue weighted by Crippen LogP contribution is 2.13. The number of halogens is 2. The smallest absolute Gasteiger partial charge is 0.271 e. The molecule has 0 aliphatic carbocycles. The fourth-order valence-electron chi connectivity index (χ4n) is 2.06. The molecule has 22 heavy (non-hydrogen) atoms. The molecule has 2 aromatic rings. The highest BCUT2D eigenvalue weighted by Gasteiger charge is 2.10. The Morgan fingerprint density at radius 3 is 2.91 bits per heavy atom. The lowest BCUT2D eigenvalue weighted by Gasteiger charge is -2.18. The van der Waals surface area contributed by atoms with Crippen LogP contribution in [0.2, 0.25) is 0 Å². The zero-order chi connectivity index (χ0) is 15.9. The van der Waals surface area contributed by atoms with E-state index in [1.165, 1.54) is 6.20 Å². The van der Waals surface area contributed by atoms with Crippen LogP contribution in [0.15, 0.2) is 24.4 Å². The van der Waals surface area contributed by atoms with E-state index < -0.39 is 0 Å². The largest absolute Gasteiger partial charge is 0.349 e. The number of fused-ring (bicyclic) bond motifs is 1. The lowest BCUT2D eigenvalue weighted by molar-refractivity contribution is 0.0943. The molecule has 0 aliphatic heterocycles. The van der Waals surface area contributed by atoms with E-state index in [-0.39, 0.29) is 12.6 Å². The fraction of sp³-hybridized carbons (Fsp3) is 0.400. The SMILES string of the molecule is CCN(CCF)CCNC(=O)c1cnc2cc([125I])ccc2n1. The molecule has 0 bridgehead atoms. The van der Waals surface area contributed by atoms with Crippen molar-refractivity contribution in [1.82, 2.24) is 20.2 Å². The summed E-state index contributed by atoms with van der Waals surface area (Å²) in [5, 5.41) is 2.79. The van der Waals surface area contributed by atoms with Crippen molar-refractivity contribution >= 4 is 39.5 Å². The van der Waals surface area contributed by atoms with Gasteiger partial charge in [-0.2, -0.15) is 0 Å². The molecule has 5 nitrogen and oxygen atoms in total. The number of carbonyl (C=O) groups excluding carboxylic acids is 1. The van der Waals surface area contributed by atoms with Gasteiger partial charge in [0.1, 0.15) is 12.4 Å². The predicted molar refractivity (Wildman–Crippen MR) is 92.7 cm³/mol. The lowest BCUT2D eigenvalue weighted by Crippen LogP contribution is -2.36. The van der Waals surface area contributed by atoms with E-state index in [2.05, 4.69) is 37.9 Å². The van der Waals surface area contributed by atoms with Crippen LogP contribution < -0.4 is 5.32 Å². The van der Waals surface area contributed by atoms with Gasteiger partial charge in [0.25, 0.3) is 5.91 Å². The van der Waals surface area contributed by atoms with Gasteiger partial charge in [-0.1, -0.05) is 6.92 Å². The molecule has 0 aliphatic rings. The normalized spacial score (nSPS) is 11.1. The molecule has 0 saturated heterocycles. The van der Waals surface area contributed by atoms with Crippen molar-refractivity contribution in [2.45, 2.75) is 6.92 Å². The Bertz CT molecular complexity index is 652. The summed E-state index contributed by atoms with van der Waals surface area (Å²) in [4.78, 5) is 22.6. The number of likely N-dealkylation sites (N-methyl/N-ethyl adjacent to an activating group) is 1. The highest BCUT2D eigenvalue weighted by atomic mass is 125. The summed E-state index contributed by atoms with van der Waals surface area (Å²) < 4.78 is 13.4. The van der Waals surface area contributed by atoms with Crippen molar-refractivity contribution in [1.29, 1.82) is 0 Å². The molecule has 0 atom stereocenters. The van der Waals surface area contributed by atoms with Gasteiger partial charge >= 0.3 is 0 Å². The quantitative estimate of drug-likeness (QED) is 0.707. The summed E-state index contributed by atoms with van der Waals surface area (Å²) in [7, 11) is 0. The molecule has 0 saturated carbocycles. The first-order valence-corrected chi connectivity index (χ1v) is 8.20. The molecule has 0 unspecified atom stereocenters. The van der Waals surface area contributed by atoms with Crippen LogP contribution in [-0.4, -0.2) is 53.6 Å². The minimum Gasteiger partial charge on any atom is -0.349 e. The molecular weight excluding hydrogens is 396 g/mol. The standard InChI is InChI=1S/C15H18FIN4O/c1-2-21(7-5-16)8-6-18-15(22)14-10-19-13-9-11(17)3-4-12(13)20-14/h3-4,9-10H,2,5-8H2,1H3,(H,18,22)/i17-2. The monoisotopic (exact) mass is 414 g/mol. The van der Waals surface area contributed by atoms with Crippen molar-refractivity contribution in [3.05, 3.63) is 33.7 Å². The molecule has 1 aromatic carbocycles. The summed E-state index contributed by atoms with van der Waals surface area (Å²) >= 11 is 2.21. The van der Waals surface area contributed by atoms with Gasteiger partial charge < -0.3 is 5.32 Å². The van der Waals surface area contributed by atoms with Crippen molar-refractivity contribution in [3.8, 4) is 0 Å². The van der Waals surface area contributed by atoms with E-state index in [4.69, 9.17) is 0 Å². The molecule has 1 aromatic heterocycles. The summed E-state index contributed by atoms with van der Waals surface area (Å²) in [6, 6.07) is 5.69. The van der Waals surface area contributed by atoms with Gasteiger partial charge in [0.15, 0.2) is 0 Å². The van der Waals surface area contributed by atoms with Crippen LogP contribution in [0.3, 0.4) is 0 Å². The number of nitrogens with one attached hydrogen (secondary N) is 1. The summed E-state index contributed by atoms with van der Waals surface area (Å²) in [5.74, 6) is -0.260. The Balaban J connectivity index is 1.96. The van der Waals surface area contributed by atoms with Crippen molar-refractivity contribution in [2.75, 3.05) is 32.9 Å². The first-order valence-electron chi connectivity index (χ1n) is 7.13. The second kappa shape index (κ2) is 8.33. The van der Waals surface area contributed by atoms with Gasteiger partial charge in [0.2, 0.25) is 0 Å². The Hall–Kier alpha value is -1.35. The average Bonchev–Trinajstić information content (AvgIpc) is 2.53. The van der Waals surface area contributed by atoms with Crippen LogP contribution in [0.25, 0.3) is 11.0 Å². The number of benzene rings is 1. The molecular formula is C15H18FIN4O. The average molecular weight is 414 g/mol. The van der Waals surface area contributed by atoms with Crippen LogP contribution in [0.1, 0.15) is 17.4 Å². The van der Waals surface area contributed by atoms with Crippen LogP contribution in [0.4, 0.5) is 4.39 Å². The second-order valence-electron chi connectivity index (χ2n) is 4.77. The van der Waals surface area contributed by atoms with E-state index in [0.717, 1.165) is 15.6 Å². The van der Waals surface area contributed by atoms with E-state index in [1.54, 1.807) is 0 Å². The predicted octanol–water partition coefficient (Wildman–Crippen LogP) is 2.26. The number of nitrogens with zero attached hydrogens (tertiary/aromatic N) is 3. The van der Waals surface area contributed by atoms with Crippen molar-refractivity contribution < 1.29 is 9.18 Å². The number of amides is 1. The molecule has 0 fully saturated rings. The summed E-state index contributed by atoms with van der Waals surface area (Å²) in [6.07, 6.45) is 1.48. The van der Waals surface area contributed by atoms with Crippen molar-refractivity contribution in [3.63, 3.8) is 0 Å².